The molecular formula is C16H16N2O5S. The van der Waals surface area contributed by atoms with E-state index in [9.17, 15) is 9.59 Å². The zero-order chi connectivity index (χ0) is 17.1. The van der Waals surface area contributed by atoms with Gasteiger partial charge >= 0.3 is 5.97 Å². The Morgan fingerprint density at radius 2 is 2.21 bits per heavy atom. The van der Waals surface area contributed by atoms with Gasteiger partial charge in [0, 0.05) is 7.05 Å². The van der Waals surface area contributed by atoms with Crippen molar-refractivity contribution in [1.82, 2.24) is 4.90 Å². The van der Waals surface area contributed by atoms with Crippen LogP contribution in [0.3, 0.4) is 0 Å². The van der Waals surface area contributed by atoms with Gasteiger partial charge in [0.2, 0.25) is 6.79 Å². The summed E-state index contributed by atoms with van der Waals surface area (Å²) in [4.78, 5) is 29.4. The second-order valence-electron chi connectivity index (χ2n) is 4.99. The summed E-state index contributed by atoms with van der Waals surface area (Å²) in [5.41, 5.74) is 1.10. The Kier molecular flexibility index (Phi) is 4.75. The second-order valence-corrected chi connectivity index (χ2v) is 5.94. The molecule has 8 heteroatoms. The summed E-state index contributed by atoms with van der Waals surface area (Å²) in [6.07, 6.45) is 1.68. The third kappa shape index (κ3) is 3.38. The lowest BCUT2D eigenvalue weighted by Gasteiger charge is -2.10. The molecule has 0 unspecified atom stereocenters. The van der Waals surface area contributed by atoms with E-state index in [1.54, 1.807) is 32.2 Å². The van der Waals surface area contributed by atoms with E-state index in [1.165, 1.54) is 16.7 Å². The van der Waals surface area contributed by atoms with Crippen LogP contribution in [-0.2, 0) is 14.3 Å². The Morgan fingerprint density at radius 3 is 3.00 bits per heavy atom. The number of carbonyl (C=O) groups excluding carboxylic acids is 2. The zero-order valence-electron chi connectivity index (χ0n) is 13.3. The van der Waals surface area contributed by atoms with Crippen molar-refractivity contribution in [2.24, 2.45) is 4.99 Å². The van der Waals surface area contributed by atoms with Crippen LogP contribution in [0.2, 0.25) is 0 Å². The van der Waals surface area contributed by atoms with Gasteiger partial charge in [-0.05, 0) is 30.7 Å². The van der Waals surface area contributed by atoms with Crippen molar-refractivity contribution in [3.05, 3.63) is 29.5 Å². The summed E-state index contributed by atoms with van der Waals surface area (Å²) in [6, 6.07) is 5.41. The number of thioether (sulfide) groups is 1. The van der Waals surface area contributed by atoms with E-state index in [4.69, 9.17) is 14.2 Å². The van der Waals surface area contributed by atoms with Crippen molar-refractivity contribution in [3.63, 3.8) is 0 Å². The van der Waals surface area contributed by atoms with Crippen LogP contribution < -0.4 is 9.47 Å². The van der Waals surface area contributed by atoms with Crippen LogP contribution in [0.5, 0.6) is 11.5 Å². The number of carbonyl (C=O) groups is 2. The van der Waals surface area contributed by atoms with Gasteiger partial charge in [-0.15, -0.1) is 0 Å². The van der Waals surface area contributed by atoms with Gasteiger partial charge in [0.15, 0.2) is 16.7 Å². The van der Waals surface area contributed by atoms with Gasteiger partial charge in [0.25, 0.3) is 5.91 Å². The lowest BCUT2D eigenvalue weighted by molar-refractivity contribution is -0.139. The quantitative estimate of drug-likeness (QED) is 0.611. The molecule has 0 bridgehead atoms. The van der Waals surface area contributed by atoms with Gasteiger partial charge in [0.1, 0.15) is 5.70 Å². The minimum atomic E-state index is -0.334. The first-order valence-electron chi connectivity index (χ1n) is 7.35. The number of hydrogen-bond donors (Lipinski definition) is 0. The second kappa shape index (κ2) is 6.96. The van der Waals surface area contributed by atoms with Gasteiger partial charge in [-0.1, -0.05) is 17.8 Å². The van der Waals surface area contributed by atoms with Crippen LogP contribution in [-0.4, -0.2) is 48.1 Å². The average molecular weight is 348 g/mol. The number of esters is 1. The molecule has 1 amide bonds. The Bertz CT molecular complexity index is 744. The fourth-order valence-corrected chi connectivity index (χ4v) is 2.96. The summed E-state index contributed by atoms with van der Waals surface area (Å²) < 4.78 is 15.5. The fourth-order valence-electron chi connectivity index (χ4n) is 2.19. The van der Waals surface area contributed by atoms with Crippen molar-refractivity contribution in [2.75, 3.05) is 26.2 Å². The molecule has 0 spiro atoms. The van der Waals surface area contributed by atoms with Crippen molar-refractivity contribution in [2.45, 2.75) is 6.92 Å². The van der Waals surface area contributed by atoms with E-state index < -0.39 is 0 Å². The van der Waals surface area contributed by atoms with Gasteiger partial charge in [0.05, 0.1) is 12.4 Å². The first-order valence-corrected chi connectivity index (χ1v) is 8.33. The Balaban J connectivity index is 1.75. The summed E-state index contributed by atoms with van der Waals surface area (Å²) in [5, 5.41) is 0.472. The first-order chi connectivity index (χ1) is 11.6. The van der Waals surface area contributed by atoms with Crippen LogP contribution in [0, 0.1) is 0 Å². The van der Waals surface area contributed by atoms with Gasteiger partial charge in [-0.3, -0.25) is 14.5 Å². The molecule has 0 N–H and O–H groups in total. The average Bonchev–Trinajstić information content (AvgIpc) is 3.13. The number of fused-ring (bicyclic) bond motifs is 1. The van der Waals surface area contributed by atoms with Gasteiger partial charge in [-0.2, -0.15) is 0 Å². The zero-order valence-corrected chi connectivity index (χ0v) is 14.1. The molecular weight excluding hydrogens is 332 g/mol. The molecule has 126 valence electrons. The molecule has 2 heterocycles. The highest BCUT2D eigenvalue weighted by molar-refractivity contribution is 8.14. The number of amides is 1. The summed E-state index contributed by atoms with van der Waals surface area (Å²) >= 11 is 1.17. The van der Waals surface area contributed by atoms with Crippen LogP contribution in [0.25, 0.3) is 6.08 Å². The highest BCUT2D eigenvalue weighted by Crippen LogP contribution is 2.33. The first kappa shape index (κ1) is 16.4. The van der Waals surface area contributed by atoms with E-state index in [0.29, 0.717) is 29.0 Å². The Morgan fingerprint density at radius 1 is 1.42 bits per heavy atom. The number of ether oxygens (including phenoxy) is 3. The van der Waals surface area contributed by atoms with Crippen LogP contribution >= 0.6 is 11.8 Å². The smallest absolute Gasteiger partial charge is 0.316 e. The Labute approximate surface area is 143 Å². The maximum Gasteiger partial charge on any atom is 0.316 e. The maximum atomic E-state index is 12.3. The van der Waals surface area contributed by atoms with E-state index in [2.05, 4.69) is 4.99 Å². The molecule has 3 rings (SSSR count). The summed E-state index contributed by atoms with van der Waals surface area (Å²) in [7, 11) is 1.62. The molecule has 0 atom stereocenters. The predicted molar refractivity (Wildman–Crippen MR) is 89.8 cm³/mol. The number of aliphatic imine (C=N–C) groups is 1. The summed E-state index contributed by atoms with van der Waals surface area (Å²) in [6.45, 7) is 2.28. The van der Waals surface area contributed by atoms with Crippen LogP contribution in [0.15, 0.2) is 28.9 Å². The number of rotatable bonds is 4. The monoisotopic (exact) mass is 348 g/mol. The van der Waals surface area contributed by atoms with Crippen molar-refractivity contribution in [1.29, 1.82) is 0 Å². The highest BCUT2D eigenvalue weighted by Gasteiger charge is 2.28. The number of likely N-dealkylation sites (N-methyl/N-ethyl adjacent to an activating group) is 1. The molecule has 1 aromatic carbocycles. The molecule has 0 aromatic heterocycles. The molecule has 0 radical (unpaired) electrons. The standard InChI is InChI=1S/C16H16N2O5S/c1-3-21-14(19)8-24-16-17-11(15(20)18(16)2)6-10-4-5-12-13(7-10)23-9-22-12/h4-7H,3,8-9H2,1-2H3/b11-6+. The molecule has 0 saturated carbocycles. The van der Waals surface area contributed by atoms with E-state index in [-0.39, 0.29) is 24.4 Å². The SMILES string of the molecule is CCOC(=O)CSC1=N/C(=C/c2ccc3c(c2)OCO3)C(=O)N1C. The van der Waals surface area contributed by atoms with E-state index in [0.717, 1.165) is 5.56 Å². The largest absolute Gasteiger partial charge is 0.465 e. The molecule has 0 saturated heterocycles. The molecule has 0 fully saturated rings. The number of hydrogen-bond acceptors (Lipinski definition) is 7. The van der Waals surface area contributed by atoms with Crippen molar-refractivity contribution < 1.29 is 23.8 Å². The van der Waals surface area contributed by atoms with Crippen LogP contribution in [0.1, 0.15) is 12.5 Å². The predicted octanol–water partition coefficient (Wildman–Crippen LogP) is 1.88. The number of amidine groups is 1. The summed E-state index contributed by atoms with van der Waals surface area (Å²) in [5.74, 6) is 0.880. The third-order valence-corrected chi connectivity index (χ3v) is 4.35. The third-order valence-electron chi connectivity index (χ3n) is 3.35. The van der Waals surface area contributed by atoms with E-state index >= 15 is 0 Å². The van der Waals surface area contributed by atoms with E-state index in [1.807, 2.05) is 6.07 Å². The topological polar surface area (TPSA) is 77.4 Å². The lowest BCUT2D eigenvalue weighted by atomic mass is 10.1. The number of nitrogens with zero attached hydrogens (tertiary/aromatic N) is 2. The van der Waals surface area contributed by atoms with Crippen LogP contribution in [0.4, 0.5) is 0 Å². The molecule has 2 aliphatic heterocycles. The molecule has 7 nitrogen and oxygen atoms in total. The van der Waals surface area contributed by atoms with Crippen molar-refractivity contribution >= 4 is 34.9 Å². The molecule has 1 aromatic rings. The minimum Gasteiger partial charge on any atom is -0.465 e. The Hall–Kier alpha value is -2.48. The fraction of sp³-hybridized carbons (Fsp3) is 0.312. The minimum absolute atomic E-state index is 0.113. The molecule has 24 heavy (non-hydrogen) atoms. The highest BCUT2D eigenvalue weighted by atomic mass is 32.2. The maximum absolute atomic E-state index is 12.3. The van der Waals surface area contributed by atoms with Gasteiger partial charge in [-0.25, -0.2) is 4.99 Å². The number of benzene rings is 1. The van der Waals surface area contributed by atoms with Crippen molar-refractivity contribution in [3.8, 4) is 11.5 Å². The molecule has 2 aliphatic rings. The lowest BCUT2D eigenvalue weighted by Crippen LogP contribution is -2.26. The molecule has 0 aliphatic carbocycles. The van der Waals surface area contributed by atoms with Gasteiger partial charge < -0.3 is 14.2 Å². The normalized spacial score (nSPS) is 17.4.